The second-order valence-electron chi connectivity index (χ2n) is 9.78. The Morgan fingerprint density at radius 1 is 0.976 bits per heavy atom. The lowest BCUT2D eigenvalue weighted by molar-refractivity contribution is -0.0434. The first-order chi connectivity index (χ1) is 19.8. The molecule has 1 aliphatic heterocycles. The number of hydrogen-bond donors (Lipinski definition) is 5. The summed E-state index contributed by atoms with van der Waals surface area (Å²) in [6.07, 6.45) is -2.47. The third-order valence-corrected chi connectivity index (χ3v) is 7.36. The first-order valence-electron chi connectivity index (χ1n) is 13.0. The number of aromatic hydroxyl groups is 2. The summed E-state index contributed by atoms with van der Waals surface area (Å²) in [7, 11) is 0. The zero-order valence-electron chi connectivity index (χ0n) is 21.8. The molecule has 4 heterocycles. The van der Waals surface area contributed by atoms with Crippen LogP contribution in [-0.4, -0.2) is 63.9 Å². The molecule has 4 atom stereocenters. The van der Waals surface area contributed by atoms with E-state index in [0.29, 0.717) is 41.4 Å². The number of aliphatic hydroxyl groups is 2. The molecule has 5 N–H and O–H groups in total. The van der Waals surface area contributed by atoms with Crippen LogP contribution in [0.1, 0.15) is 47.8 Å². The lowest BCUT2D eigenvalue weighted by Crippen LogP contribution is -2.28. The molecule has 2 aromatic carbocycles. The van der Waals surface area contributed by atoms with E-state index in [-0.39, 0.29) is 22.7 Å². The number of nitrogens with one attached hydrogen (secondary N) is 1. The Labute approximate surface area is 238 Å². The monoisotopic (exact) mass is 578 g/mol. The summed E-state index contributed by atoms with van der Waals surface area (Å²) in [6.45, 7) is 2.29. The average molecular weight is 579 g/mol. The summed E-state index contributed by atoms with van der Waals surface area (Å²) >= 11 is 6.32. The van der Waals surface area contributed by atoms with Gasteiger partial charge in [-0.15, -0.1) is 0 Å². The number of phenols is 2. The molecule has 0 unspecified atom stereocenters. The Balaban J connectivity index is 1.30. The fourth-order valence-corrected chi connectivity index (χ4v) is 5.16. The molecule has 41 heavy (non-hydrogen) atoms. The minimum absolute atomic E-state index is 0.0556. The van der Waals surface area contributed by atoms with Crippen LogP contribution in [0.25, 0.3) is 11.2 Å². The third-order valence-electron chi connectivity index (χ3n) is 7.19. The molecule has 1 fully saturated rings. The predicted molar refractivity (Wildman–Crippen MR) is 148 cm³/mol. The van der Waals surface area contributed by atoms with E-state index >= 15 is 0 Å². The normalized spacial score (nSPS) is 20.7. The zero-order valence-corrected chi connectivity index (χ0v) is 22.5. The van der Waals surface area contributed by atoms with Crippen LogP contribution in [0.5, 0.6) is 11.5 Å². The zero-order chi connectivity index (χ0) is 28.7. The van der Waals surface area contributed by atoms with Crippen molar-refractivity contribution in [1.29, 1.82) is 0 Å². The molecular formula is C28H27ClN6O6. The van der Waals surface area contributed by atoms with E-state index in [0.717, 1.165) is 11.1 Å². The highest BCUT2D eigenvalue weighted by atomic mass is 35.5. The number of nitrogens with zero attached hydrogens (tertiary/aromatic N) is 5. The lowest BCUT2D eigenvalue weighted by atomic mass is 9.91. The molecule has 0 saturated carbocycles. The third kappa shape index (κ3) is 5.18. The van der Waals surface area contributed by atoms with Gasteiger partial charge in [0.05, 0.1) is 12.0 Å². The Bertz CT molecular complexity index is 1610. The highest BCUT2D eigenvalue weighted by Crippen LogP contribution is 2.40. The largest absolute Gasteiger partial charge is 0.508 e. The van der Waals surface area contributed by atoms with Gasteiger partial charge >= 0.3 is 0 Å². The Hall–Kier alpha value is -4.23. The second kappa shape index (κ2) is 11.0. The van der Waals surface area contributed by atoms with Crippen LogP contribution < -0.4 is 5.32 Å². The molecule has 3 aromatic heterocycles. The Kier molecular flexibility index (Phi) is 7.22. The molecular weight excluding hydrogens is 552 g/mol. The molecule has 0 radical (unpaired) electrons. The molecule has 12 nitrogen and oxygen atoms in total. The Morgan fingerprint density at radius 2 is 1.63 bits per heavy atom. The summed E-state index contributed by atoms with van der Waals surface area (Å²) in [4.78, 5) is 13.1. The van der Waals surface area contributed by atoms with Gasteiger partial charge in [0.25, 0.3) is 0 Å². The number of rotatable bonds is 8. The maximum Gasteiger partial charge on any atom is 0.226 e. The number of fused-ring (bicyclic) bond motifs is 1. The summed E-state index contributed by atoms with van der Waals surface area (Å²) in [5.74, 6) is 0.781. The number of aliphatic hydroxyl groups excluding tert-OH is 2. The van der Waals surface area contributed by atoms with Crippen LogP contribution in [0.3, 0.4) is 0 Å². The standard InChI is InChI=1S/C28H27ClN6O6/c1-2-16-11-20(41-34-16)24-22(38)23(39)27(40-24)35-13-31-21-25(32-28(29)33-26(21)35)30-12-19(14-3-7-17(36)8-4-14)15-5-9-18(37)10-6-15/h3-11,13,19,22-24,27,36-39H,2,12H2,1H3,(H,30,32,33)/t22-,23+,24+,27+/m0/s1. The topological polar surface area (TPSA) is 172 Å². The van der Waals surface area contributed by atoms with Crippen LogP contribution in [0.15, 0.2) is 65.4 Å². The second-order valence-corrected chi connectivity index (χ2v) is 10.1. The maximum atomic E-state index is 10.9. The smallest absolute Gasteiger partial charge is 0.226 e. The molecule has 0 spiro atoms. The number of phenolic OH excluding ortho intramolecular Hbond substituents is 2. The van der Waals surface area contributed by atoms with Gasteiger partial charge in [0.15, 0.2) is 29.0 Å². The number of imidazole rings is 1. The molecule has 0 bridgehead atoms. The minimum atomic E-state index is -1.31. The molecule has 1 saturated heterocycles. The van der Waals surface area contributed by atoms with Crippen molar-refractivity contribution in [2.24, 2.45) is 0 Å². The van der Waals surface area contributed by atoms with Crippen molar-refractivity contribution >= 4 is 28.6 Å². The number of benzene rings is 2. The van der Waals surface area contributed by atoms with E-state index in [9.17, 15) is 20.4 Å². The van der Waals surface area contributed by atoms with E-state index in [1.807, 2.05) is 31.2 Å². The van der Waals surface area contributed by atoms with Gasteiger partial charge in [-0.3, -0.25) is 4.57 Å². The van der Waals surface area contributed by atoms with Gasteiger partial charge in [-0.25, -0.2) is 4.98 Å². The lowest BCUT2D eigenvalue weighted by Gasteiger charge is -2.20. The van der Waals surface area contributed by atoms with Gasteiger partial charge in [0.1, 0.15) is 29.8 Å². The van der Waals surface area contributed by atoms with E-state index in [1.54, 1.807) is 30.3 Å². The molecule has 0 aliphatic carbocycles. The molecule has 5 aromatic rings. The molecule has 212 valence electrons. The SMILES string of the molecule is CCc1cc([C@H]2O[C@@H](n3cnc4c(NCC(c5ccc(O)cc5)c5ccc(O)cc5)nc(Cl)nc43)[C@H](O)[C@@H]2O)on1. The van der Waals surface area contributed by atoms with Gasteiger partial charge in [-0.2, -0.15) is 9.97 Å². The van der Waals surface area contributed by atoms with Gasteiger partial charge in [-0.05, 0) is 53.4 Å². The first kappa shape index (κ1) is 27.0. The predicted octanol–water partition coefficient (Wildman–Crippen LogP) is 3.68. The van der Waals surface area contributed by atoms with Crippen molar-refractivity contribution in [1.82, 2.24) is 24.7 Å². The van der Waals surface area contributed by atoms with Crippen molar-refractivity contribution in [3.63, 3.8) is 0 Å². The molecule has 6 rings (SSSR count). The summed E-state index contributed by atoms with van der Waals surface area (Å²) in [6, 6.07) is 15.4. The van der Waals surface area contributed by atoms with Gasteiger partial charge in [-0.1, -0.05) is 36.3 Å². The average Bonchev–Trinajstić information content (AvgIpc) is 3.68. The highest BCUT2D eigenvalue weighted by Gasteiger charge is 2.47. The number of halogens is 1. The van der Waals surface area contributed by atoms with Crippen molar-refractivity contribution < 1.29 is 29.7 Å². The van der Waals surface area contributed by atoms with E-state index in [4.69, 9.17) is 20.9 Å². The van der Waals surface area contributed by atoms with Crippen molar-refractivity contribution in [3.05, 3.63) is 88.8 Å². The van der Waals surface area contributed by atoms with Gasteiger partial charge < -0.3 is 35.0 Å². The quantitative estimate of drug-likeness (QED) is 0.170. The van der Waals surface area contributed by atoms with Crippen LogP contribution >= 0.6 is 11.6 Å². The maximum absolute atomic E-state index is 10.9. The summed E-state index contributed by atoms with van der Waals surface area (Å²) in [5.41, 5.74) is 3.22. The number of ether oxygens (including phenoxy) is 1. The van der Waals surface area contributed by atoms with E-state index < -0.39 is 24.5 Å². The Morgan fingerprint density at radius 3 is 2.24 bits per heavy atom. The molecule has 0 amide bonds. The van der Waals surface area contributed by atoms with E-state index in [1.165, 1.54) is 10.9 Å². The summed E-state index contributed by atoms with van der Waals surface area (Å²) < 4.78 is 12.9. The van der Waals surface area contributed by atoms with Crippen molar-refractivity contribution in [2.45, 2.75) is 43.8 Å². The van der Waals surface area contributed by atoms with Crippen LogP contribution in [0.2, 0.25) is 5.28 Å². The number of hydrogen-bond acceptors (Lipinski definition) is 11. The van der Waals surface area contributed by atoms with Crippen LogP contribution in [0.4, 0.5) is 5.82 Å². The van der Waals surface area contributed by atoms with Gasteiger partial charge in [0.2, 0.25) is 5.28 Å². The fourth-order valence-electron chi connectivity index (χ4n) is 4.99. The van der Waals surface area contributed by atoms with Crippen LogP contribution in [0, 0.1) is 0 Å². The fraction of sp³-hybridized carbons (Fsp3) is 0.286. The van der Waals surface area contributed by atoms with E-state index in [2.05, 4.69) is 25.4 Å². The molecule has 13 heteroatoms. The summed E-state index contributed by atoms with van der Waals surface area (Å²) in [5, 5.41) is 48.4. The van der Waals surface area contributed by atoms with Gasteiger partial charge in [0, 0.05) is 18.5 Å². The van der Waals surface area contributed by atoms with Crippen molar-refractivity contribution in [3.8, 4) is 11.5 Å². The van der Waals surface area contributed by atoms with Crippen molar-refractivity contribution in [2.75, 3.05) is 11.9 Å². The number of anilines is 1. The molecule has 1 aliphatic rings. The minimum Gasteiger partial charge on any atom is -0.508 e. The number of aryl methyl sites for hydroxylation is 1. The van der Waals surface area contributed by atoms with Crippen LogP contribution in [-0.2, 0) is 11.2 Å². The highest BCUT2D eigenvalue weighted by molar-refractivity contribution is 6.28. The number of aromatic nitrogens is 5. The first-order valence-corrected chi connectivity index (χ1v) is 13.4.